The summed E-state index contributed by atoms with van der Waals surface area (Å²) in [5.41, 5.74) is 6.31. The Balaban J connectivity index is 1.80. The minimum absolute atomic E-state index is 0.135. The molecule has 1 unspecified atom stereocenters. The zero-order chi connectivity index (χ0) is 25.4. The molecule has 1 aliphatic carbocycles. The highest BCUT2D eigenvalue weighted by atomic mass is 16.5. The molecule has 7 heteroatoms. The fraction of sp³-hybridized carbons (Fsp3) is 0.500. The molecule has 35 heavy (non-hydrogen) atoms. The number of hydrazine groups is 1. The van der Waals surface area contributed by atoms with Gasteiger partial charge in [0.1, 0.15) is 17.5 Å². The van der Waals surface area contributed by atoms with Crippen molar-refractivity contribution in [3.8, 4) is 11.5 Å². The predicted molar refractivity (Wildman–Crippen MR) is 139 cm³/mol. The van der Waals surface area contributed by atoms with E-state index in [1.165, 1.54) is 19.3 Å². The molecule has 2 N–H and O–H groups in total. The second-order valence-electron chi connectivity index (χ2n) is 9.33. The van der Waals surface area contributed by atoms with Gasteiger partial charge in [0.05, 0.1) is 19.9 Å². The average Bonchev–Trinajstić information content (AvgIpc) is 2.87. The standard InChI is InChI=1S/C28H39N3O4/c1-6-31(30-23-12-14-24(34-4)15-13-23)28(33)25(18-21-10-8-7-9-11-21)29-27(32)22-16-19(2)26(35-5)20(3)17-22/h12-17,21,25,30H,6-11,18H2,1-5H3,(H,29,32). The van der Waals surface area contributed by atoms with Gasteiger partial charge in [0.2, 0.25) is 0 Å². The molecule has 2 aromatic carbocycles. The van der Waals surface area contributed by atoms with E-state index in [9.17, 15) is 9.59 Å². The van der Waals surface area contributed by atoms with Gasteiger partial charge in [-0.2, -0.15) is 0 Å². The molecular weight excluding hydrogens is 442 g/mol. The molecule has 1 aliphatic rings. The lowest BCUT2D eigenvalue weighted by Gasteiger charge is -2.31. The number of benzene rings is 2. The summed E-state index contributed by atoms with van der Waals surface area (Å²) in [6.45, 7) is 6.22. The van der Waals surface area contributed by atoms with Crippen molar-refractivity contribution in [3.63, 3.8) is 0 Å². The van der Waals surface area contributed by atoms with Gasteiger partial charge in [-0.3, -0.25) is 20.0 Å². The Morgan fingerprint density at radius 1 is 1.00 bits per heavy atom. The molecule has 0 aromatic heterocycles. The van der Waals surface area contributed by atoms with Crippen molar-refractivity contribution in [2.24, 2.45) is 5.92 Å². The van der Waals surface area contributed by atoms with Crippen molar-refractivity contribution < 1.29 is 19.1 Å². The molecule has 1 atom stereocenters. The van der Waals surface area contributed by atoms with Crippen LogP contribution in [0.3, 0.4) is 0 Å². The van der Waals surface area contributed by atoms with Gasteiger partial charge >= 0.3 is 0 Å². The summed E-state index contributed by atoms with van der Waals surface area (Å²) in [4.78, 5) is 27.0. The third kappa shape index (κ3) is 6.90. The first-order chi connectivity index (χ1) is 16.9. The molecule has 0 bridgehead atoms. The van der Waals surface area contributed by atoms with Crippen molar-refractivity contribution >= 4 is 17.5 Å². The Labute approximate surface area is 209 Å². The lowest BCUT2D eigenvalue weighted by Crippen LogP contribution is -2.51. The van der Waals surface area contributed by atoms with Gasteiger partial charge in [-0.05, 0) is 80.6 Å². The molecule has 1 saturated carbocycles. The van der Waals surface area contributed by atoms with Crippen LogP contribution in [0.15, 0.2) is 36.4 Å². The van der Waals surface area contributed by atoms with E-state index < -0.39 is 6.04 Å². The molecule has 0 radical (unpaired) electrons. The van der Waals surface area contributed by atoms with E-state index in [2.05, 4.69) is 10.7 Å². The average molecular weight is 482 g/mol. The number of carbonyl (C=O) groups excluding carboxylic acids is 2. The number of hydrogen-bond donors (Lipinski definition) is 2. The molecule has 0 saturated heterocycles. The van der Waals surface area contributed by atoms with Crippen molar-refractivity contribution in [1.82, 2.24) is 10.3 Å². The highest BCUT2D eigenvalue weighted by Gasteiger charge is 2.30. The summed E-state index contributed by atoms with van der Waals surface area (Å²) in [6, 6.07) is 10.4. The smallest absolute Gasteiger partial charge is 0.263 e. The highest BCUT2D eigenvalue weighted by Crippen LogP contribution is 2.29. The minimum Gasteiger partial charge on any atom is -0.497 e. The number of nitrogens with zero attached hydrogens (tertiary/aromatic N) is 1. The van der Waals surface area contributed by atoms with Crippen molar-refractivity contribution in [2.75, 3.05) is 26.2 Å². The Morgan fingerprint density at radius 3 is 2.17 bits per heavy atom. The highest BCUT2D eigenvalue weighted by molar-refractivity contribution is 5.98. The number of aryl methyl sites for hydroxylation is 2. The molecule has 0 aliphatic heterocycles. The fourth-order valence-electron chi connectivity index (χ4n) is 4.92. The fourth-order valence-corrected chi connectivity index (χ4v) is 4.92. The van der Waals surface area contributed by atoms with Crippen molar-refractivity contribution in [3.05, 3.63) is 53.1 Å². The molecule has 7 nitrogen and oxygen atoms in total. The van der Waals surface area contributed by atoms with Crippen LogP contribution in [0.4, 0.5) is 5.69 Å². The van der Waals surface area contributed by atoms with Crippen LogP contribution < -0.4 is 20.2 Å². The number of amides is 2. The van der Waals surface area contributed by atoms with Crippen LogP contribution in [0, 0.1) is 19.8 Å². The summed E-state index contributed by atoms with van der Waals surface area (Å²) >= 11 is 0. The number of methoxy groups -OCH3 is 2. The molecule has 190 valence electrons. The number of carbonyl (C=O) groups is 2. The van der Waals surface area contributed by atoms with Gasteiger partial charge in [-0.25, -0.2) is 0 Å². The van der Waals surface area contributed by atoms with E-state index in [1.54, 1.807) is 19.2 Å². The number of rotatable bonds is 10. The van der Waals surface area contributed by atoms with Crippen molar-refractivity contribution in [1.29, 1.82) is 0 Å². The normalized spacial score (nSPS) is 14.7. The quantitative estimate of drug-likeness (QED) is 0.452. The summed E-state index contributed by atoms with van der Waals surface area (Å²) in [7, 11) is 3.25. The lowest BCUT2D eigenvalue weighted by atomic mass is 9.84. The topological polar surface area (TPSA) is 79.9 Å². The van der Waals surface area contributed by atoms with Crippen LogP contribution in [-0.2, 0) is 4.79 Å². The summed E-state index contributed by atoms with van der Waals surface area (Å²) in [5.74, 6) is 1.57. The van der Waals surface area contributed by atoms with Gasteiger partial charge in [0, 0.05) is 12.1 Å². The molecule has 2 aromatic rings. The zero-order valence-electron chi connectivity index (χ0n) is 21.6. The number of nitrogens with one attached hydrogen (secondary N) is 2. The van der Waals surface area contributed by atoms with Crippen LogP contribution in [0.1, 0.15) is 66.9 Å². The predicted octanol–water partition coefficient (Wildman–Crippen LogP) is 5.27. The Morgan fingerprint density at radius 2 is 1.63 bits per heavy atom. The van der Waals surface area contributed by atoms with E-state index in [4.69, 9.17) is 9.47 Å². The molecule has 0 heterocycles. The Bertz CT molecular complexity index is 977. The monoisotopic (exact) mass is 481 g/mol. The van der Waals surface area contributed by atoms with Crippen molar-refractivity contribution in [2.45, 2.75) is 65.3 Å². The van der Waals surface area contributed by atoms with Crippen LogP contribution in [0.25, 0.3) is 0 Å². The van der Waals surface area contributed by atoms with E-state index >= 15 is 0 Å². The molecule has 1 fully saturated rings. The van der Waals surface area contributed by atoms with Gasteiger partial charge in [-0.15, -0.1) is 0 Å². The molecule has 3 rings (SSSR count). The number of anilines is 1. The largest absolute Gasteiger partial charge is 0.497 e. The number of ether oxygens (including phenoxy) is 2. The SMILES string of the molecule is CCN(Nc1ccc(OC)cc1)C(=O)C(CC1CCCCC1)NC(=O)c1cc(C)c(OC)c(C)c1. The van der Waals surface area contributed by atoms with Gasteiger partial charge in [0.15, 0.2) is 0 Å². The first kappa shape index (κ1) is 26.4. The van der Waals surface area contributed by atoms with Crippen LogP contribution in [-0.4, -0.2) is 43.6 Å². The van der Waals surface area contributed by atoms with Gasteiger partial charge in [0.25, 0.3) is 11.8 Å². The summed E-state index contributed by atoms with van der Waals surface area (Å²) in [5, 5.41) is 4.64. The van der Waals surface area contributed by atoms with E-state index in [1.807, 2.05) is 57.2 Å². The molecule has 2 amide bonds. The molecule has 0 spiro atoms. The van der Waals surface area contributed by atoms with Gasteiger partial charge in [-0.1, -0.05) is 32.1 Å². The Hall–Kier alpha value is -3.22. The maximum Gasteiger partial charge on any atom is 0.263 e. The van der Waals surface area contributed by atoms with E-state index in [0.29, 0.717) is 24.4 Å². The second-order valence-corrected chi connectivity index (χ2v) is 9.33. The minimum atomic E-state index is -0.612. The van der Waals surface area contributed by atoms with E-state index in [0.717, 1.165) is 41.2 Å². The van der Waals surface area contributed by atoms with Crippen LogP contribution in [0.5, 0.6) is 11.5 Å². The first-order valence-corrected chi connectivity index (χ1v) is 12.5. The third-order valence-electron chi connectivity index (χ3n) is 6.76. The second kappa shape index (κ2) is 12.5. The Kier molecular flexibility index (Phi) is 9.40. The summed E-state index contributed by atoms with van der Waals surface area (Å²) in [6.07, 6.45) is 6.43. The molecular formula is C28H39N3O4. The first-order valence-electron chi connectivity index (χ1n) is 12.5. The van der Waals surface area contributed by atoms with Gasteiger partial charge < -0.3 is 14.8 Å². The lowest BCUT2D eigenvalue weighted by molar-refractivity contribution is -0.132. The summed E-state index contributed by atoms with van der Waals surface area (Å²) < 4.78 is 10.7. The third-order valence-corrected chi connectivity index (χ3v) is 6.76. The zero-order valence-corrected chi connectivity index (χ0v) is 21.6. The van der Waals surface area contributed by atoms with E-state index in [-0.39, 0.29) is 11.8 Å². The number of hydrogen-bond acceptors (Lipinski definition) is 5. The maximum absolute atomic E-state index is 13.7. The number of likely N-dealkylation sites (N-methyl/N-ethyl adjacent to an activating group) is 1. The van der Waals surface area contributed by atoms with Crippen LogP contribution >= 0.6 is 0 Å². The maximum atomic E-state index is 13.7. The van der Waals surface area contributed by atoms with Crippen LogP contribution in [0.2, 0.25) is 0 Å².